The molecule has 82 heavy (non-hydrogen) atoms. The van der Waals surface area contributed by atoms with E-state index < -0.39 is 11.7 Å². The van der Waals surface area contributed by atoms with Gasteiger partial charge in [0.25, 0.3) is 0 Å². The summed E-state index contributed by atoms with van der Waals surface area (Å²) in [5.74, 6) is 2.61. The minimum absolute atomic E-state index is 0.0626. The third-order valence-electron chi connectivity index (χ3n) is 14.7. The second-order valence-corrected chi connectivity index (χ2v) is 19.6. The summed E-state index contributed by atoms with van der Waals surface area (Å²) < 4.78 is 50.4. The third kappa shape index (κ3) is 8.45. The molecular weight excluding hydrogens is 1030 g/mol. The van der Waals surface area contributed by atoms with Gasteiger partial charge in [-0.05, 0) is 54.1 Å². The third-order valence-corrected chi connectivity index (χ3v) is 14.7. The van der Waals surface area contributed by atoms with Crippen molar-refractivity contribution >= 4 is 43.6 Å². The van der Waals surface area contributed by atoms with Crippen molar-refractivity contribution in [3.8, 4) is 103 Å². The highest BCUT2D eigenvalue weighted by molar-refractivity contribution is 6.12. The van der Waals surface area contributed by atoms with Crippen LogP contribution in [0, 0.1) is 22.7 Å². The summed E-state index contributed by atoms with van der Waals surface area (Å²) in [6.07, 6.45) is -4.87. The van der Waals surface area contributed by atoms with Crippen LogP contribution in [0.1, 0.15) is 16.7 Å². The van der Waals surface area contributed by atoms with E-state index in [1.54, 1.807) is 12.1 Å². The van der Waals surface area contributed by atoms with Crippen LogP contribution in [0.2, 0.25) is 0 Å². The maximum atomic E-state index is 15.5. The molecule has 0 N–H and O–H groups in total. The highest BCUT2D eigenvalue weighted by atomic mass is 19.4. The van der Waals surface area contributed by atoms with Crippen LogP contribution >= 0.6 is 0 Å². The van der Waals surface area contributed by atoms with Crippen LogP contribution in [0.15, 0.2) is 237 Å². The fourth-order valence-electron chi connectivity index (χ4n) is 11.0. The summed E-state index contributed by atoms with van der Waals surface area (Å²) >= 11 is 0. The Hall–Kier alpha value is -11.4. The highest BCUT2D eigenvalue weighted by Crippen LogP contribution is 2.45. The summed E-state index contributed by atoms with van der Waals surface area (Å²) in [7, 11) is 0. The van der Waals surface area contributed by atoms with Gasteiger partial charge >= 0.3 is 6.18 Å². The Morgan fingerprint density at radius 1 is 0.317 bits per heavy atom. The largest absolute Gasteiger partial charge is 0.417 e. The van der Waals surface area contributed by atoms with Gasteiger partial charge < -0.3 is 9.13 Å². The molecule has 0 bridgehead atoms. The molecule has 10 nitrogen and oxygen atoms in total. The predicted octanol–water partition coefficient (Wildman–Crippen LogP) is 16.7. The molecule has 4 heterocycles. The molecule has 0 saturated carbocycles. The number of rotatable bonds is 9. The number of fused-ring (bicyclic) bond motifs is 6. The average molecular weight is 1070 g/mol. The van der Waals surface area contributed by atoms with E-state index >= 15 is 13.2 Å². The van der Waals surface area contributed by atoms with Crippen LogP contribution in [0.5, 0.6) is 0 Å². The van der Waals surface area contributed by atoms with Gasteiger partial charge in [-0.15, -0.1) is 0 Å². The quantitative estimate of drug-likeness (QED) is 0.139. The number of nitrogens with zero attached hydrogens (tertiary/aromatic N) is 10. The minimum atomic E-state index is -4.87. The standard InChI is InChI=1S/C69H39F3N10/c70-69(71,72)55-29-17-26-48(40-73)62(55)49-38-60(81-56-30-15-13-27-50(56)52-34-32-46(36-58(52)81)67-77-63(42-18-5-1-6-19-42)75-64(78-67)43-20-7-2-8-21-43)54(41-74)61(39-49)82-57-31-16-14-28-51(57)53-35-33-47(37-59(53)82)68-79-65(44-22-9-3-10-23-44)76-66(80-68)45-24-11-4-12-25-45/h1-39H. The molecule has 0 aliphatic heterocycles. The molecule has 0 amide bonds. The Morgan fingerprint density at radius 2 is 0.671 bits per heavy atom. The Balaban J connectivity index is 1.07. The van der Waals surface area contributed by atoms with Crippen molar-refractivity contribution in [2.24, 2.45) is 0 Å². The second-order valence-electron chi connectivity index (χ2n) is 19.6. The number of hydrogen-bond acceptors (Lipinski definition) is 8. The lowest BCUT2D eigenvalue weighted by molar-refractivity contribution is -0.137. The average Bonchev–Trinajstić information content (AvgIpc) is 4.16. The number of alkyl halides is 3. The SMILES string of the molecule is N#Cc1cccc(C(F)(F)F)c1-c1cc(-n2c3ccccc3c3ccc(-c4nc(-c5ccccc5)nc(-c5ccccc5)n4)cc32)c(C#N)c(-n2c3ccccc3c3ccc(-c4nc(-c5ccccc5)nc(-c5ccccc5)n4)cc32)c1. The van der Waals surface area contributed by atoms with Gasteiger partial charge in [-0.25, -0.2) is 29.9 Å². The van der Waals surface area contributed by atoms with Gasteiger partial charge in [-0.2, -0.15) is 23.7 Å². The Labute approximate surface area is 466 Å². The molecule has 0 saturated heterocycles. The van der Waals surface area contributed by atoms with Crippen LogP contribution in [0.4, 0.5) is 13.2 Å². The van der Waals surface area contributed by atoms with Gasteiger partial charge in [0, 0.05) is 60.5 Å². The van der Waals surface area contributed by atoms with Crippen molar-refractivity contribution < 1.29 is 13.2 Å². The van der Waals surface area contributed by atoms with Crippen LogP contribution < -0.4 is 0 Å². The molecule has 386 valence electrons. The number of para-hydroxylation sites is 2. The number of benzene rings is 10. The number of nitriles is 2. The zero-order valence-corrected chi connectivity index (χ0v) is 43.1. The van der Waals surface area contributed by atoms with Gasteiger partial charge in [0.15, 0.2) is 34.9 Å². The summed E-state index contributed by atoms with van der Waals surface area (Å²) in [6.45, 7) is 0. The first-order chi connectivity index (χ1) is 40.2. The Kier molecular flexibility index (Phi) is 11.8. The highest BCUT2D eigenvalue weighted by Gasteiger charge is 2.36. The summed E-state index contributed by atoms with van der Waals surface area (Å²) in [5.41, 5.74) is 6.20. The summed E-state index contributed by atoms with van der Waals surface area (Å²) in [4.78, 5) is 30.0. The molecule has 0 fully saturated rings. The van der Waals surface area contributed by atoms with Crippen molar-refractivity contribution in [1.82, 2.24) is 39.0 Å². The van der Waals surface area contributed by atoms with E-state index in [1.165, 1.54) is 12.1 Å². The van der Waals surface area contributed by atoms with Gasteiger partial charge in [0.05, 0.1) is 50.6 Å². The molecule has 10 aromatic carbocycles. The predicted molar refractivity (Wildman–Crippen MR) is 314 cm³/mol. The van der Waals surface area contributed by atoms with Crippen molar-refractivity contribution in [3.63, 3.8) is 0 Å². The lowest BCUT2D eigenvalue weighted by Crippen LogP contribution is -2.10. The van der Waals surface area contributed by atoms with Gasteiger partial charge in [0.1, 0.15) is 11.6 Å². The fraction of sp³-hybridized carbons (Fsp3) is 0.0145. The molecule has 0 spiro atoms. The molecule has 0 unspecified atom stereocenters. The van der Waals surface area contributed by atoms with E-state index in [-0.39, 0.29) is 33.6 Å². The van der Waals surface area contributed by atoms with E-state index in [4.69, 9.17) is 29.9 Å². The summed E-state index contributed by atoms with van der Waals surface area (Å²) in [5, 5.41) is 25.8. The Morgan fingerprint density at radius 3 is 1.04 bits per heavy atom. The van der Waals surface area contributed by atoms with E-state index in [1.807, 2.05) is 215 Å². The van der Waals surface area contributed by atoms with Crippen LogP contribution in [-0.2, 0) is 6.18 Å². The van der Waals surface area contributed by atoms with Crippen molar-refractivity contribution in [3.05, 3.63) is 253 Å². The first kappa shape index (κ1) is 48.9. The van der Waals surface area contributed by atoms with E-state index in [0.717, 1.165) is 49.9 Å². The lowest BCUT2D eigenvalue weighted by atomic mass is 9.92. The zero-order valence-electron chi connectivity index (χ0n) is 43.1. The van der Waals surface area contributed by atoms with Crippen molar-refractivity contribution in [2.75, 3.05) is 0 Å². The number of aromatic nitrogens is 8. The first-order valence-corrected chi connectivity index (χ1v) is 26.2. The van der Waals surface area contributed by atoms with Crippen LogP contribution in [0.25, 0.3) is 134 Å². The second kappa shape index (κ2) is 19.8. The molecule has 0 atom stereocenters. The van der Waals surface area contributed by atoms with E-state index in [2.05, 4.69) is 12.1 Å². The maximum Gasteiger partial charge on any atom is 0.417 e. The normalized spacial score (nSPS) is 11.6. The molecule has 0 aliphatic carbocycles. The van der Waals surface area contributed by atoms with Gasteiger partial charge in [-0.1, -0.05) is 188 Å². The summed E-state index contributed by atoms with van der Waals surface area (Å²) in [6, 6.07) is 77.1. The molecule has 0 aliphatic rings. The topological polar surface area (TPSA) is 135 Å². The molecule has 14 aromatic rings. The van der Waals surface area contributed by atoms with Crippen LogP contribution in [-0.4, -0.2) is 39.0 Å². The van der Waals surface area contributed by atoms with Crippen molar-refractivity contribution in [1.29, 1.82) is 10.5 Å². The monoisotopic (exact) mass is 1060 g/mol. The number of halogens is 3. The fourth-order valence-corrected chi connectivity index (χ4v) is 11.0. The van der Waals surface area contributed by atoms with Crippen molar-refractivity contribution in [2.45, 2.75) is 6.18 Å². The van der Waals surface area contributed by atoms with Gasteiger partial charge in [0.2, 0.25) is 0 Å². The molecule has 4 aromatic heterocycles. The number of hydrogen-bond donors (Lipinski definition) is 0. The van der Waals surface area contributed by atoms with E-state index in [0.29, 0.717) is 68.1 Å². The Bertz CT molecular complexity index is 4550. The zero-order chi connectivity index (χ0) is 55.5. The van der Waals surface area contributed by atoms with E-state index in [9.17, 15) is 10.5 Å². The molecule has 13 heteroatoms. The maximum absolute atomic E-state index is 15.5. The first-order valence-electron chi connectivity index (χ1n) is 26.2. The van der Waals surface area contributed by atoms with Crippen LogP contribution in [0.3, 0.4) is 0 Å². The molecule has 0 radical (unpaired) electrons. The minimum Gasteiger partial charge on any atom is -0.308 e. The lowest BCUT2D eigenvalue weighted by Gasteiger charge is -2.21. The molecular formula is C69H39F3N10. The van der Waals surface area contributed by atoms with Gasteiger partial charge in [-0.3, -0.25) is 0 Å². The smallest absolute Gasteiger partial charge is 0.308 e. The molecule has 14 rings (SSSR count).